The number of aromatic nitrogens is 2. The molecule has 2 aromatic heterocycles. The number of benzene rings is 2. The number of nitrogens with zero attached hydrogens (tertiary/aromatic N) is 3. The van der Waals surface area contributed by atoms with Gasteiger partial charge in [0.2, 0.25) is 5.91 Å². The van der Waals surface area contributed by atoms with Gasteiger partial charge in [0.15, 0.2) is 27.2 Å². The number of carbonyl (C=O) groups is 2. The molecule has 292 valence electrons. The Morgan fingerprint density at radius 1 is 1.04 bits per heavy atom. The van der Waals surface area contributed by atoms with Crippen LogP contribution in [0, 0.1) is 18.6 Å². The number of alkyl carbamates (subject to hydrolysis) is 1. The SMILES string of the molecule is Cc1cn(COCC[Si](C)(C)C)c2nccc(Oc3c(F)cc(C[C@H](NC(=O)OC(C)(C)C)C(=O)N4CCC(S(=O)(=O)c5ccccc5)CC4)cc3F)c12. The van der Waals surface area contributed by atoms with Crippen LogP contribution in [0.2, 0.25) is 25.7 Å². The third-order valence-electron chi connectivity index (χ3n) is 9.10. The molecule has 0 aliphatic carbocycles. The minimum Gasteiger partial charge on any atom is -0.450 e. The normalized spacial score (nSPS) is 14.9. The Morgan fingerprint density at radius 3 is 2.30 bits per heavy atom. The molecule has 1 atom stereocenters. The highest BCUT2D eigenvalue weighted by Gasteiger charge is 2.36. The Kier molecular flexibility index (Phi) is 12.5. The van der Waals surface area contributed by atoms with Crippen LogP contribution in [0.15, 0.2) is 65.8 Å². The van der Waals surface area contributed by atoms with Crippen molar-refractivity contribution in [1.29, 1.82) is 0 Å². The van der Waals surface area contributed by atoms with Crippen molar-refractivity contribution in [3.63, 3.8) is 0 Å². The highest BCUT2D eigenvalue weighted by molar-refractivity contribution is 7.92. The van der Waals surface area contributed by atoms with Gasteiger partial charge in [-0.3, -0.25) is 4.79 Å². The highest BCUT2D eigenvalue weighted by Crippen LogP contribution is 2.35. The van der Waals surface area contributed by atoms with Crippen LogP contribution in [0.4, 0.5) is 13.6 Å². The Hall–Kier alpha value is -4.34. The van der Waals surface area contributed by atoms with Crippen LogP contribution >= 0.6 is 0 Å². The molecular weight excluding hydrogens is 735 g/mol. The summed E-state index contributed by atoms with van der Waals surface area (Å²) >= 11 is 0. The zero-order valence-corrected chi connectivity index (χ0v) is 33.8. The van der Waals surface area contributed by atoms with Gasteiger partial charge in [-0.1, -0.05) is 37.8 Å². The Morgan fingerprint density at radius 2 is 1.69 bits per heavy atom. The van der Waals surface area contributed by atoms with Crippen molar-refractivity contribution < 1.29 is 41.0 Å². The number of aryl methyl sites for hydroxylation is 1. The van der Waals surface area contributed by atoms with Crippen LogP contribution in [-0.4, -0.2) is 79.5 Å². The Bertz CT molecular complexity index is 2050. The molecule has 3 heterocycles. The molecule has 1 aliphatic heterocycles. The maximum Gasteiger partial charge on any atom is 0.408 e. The monoisotopic (exact) mass is 784 g/mol. The minimum atomic E-state index is -3.61. The van der Waals surface area contributed by atoms with Crippen molar-refractivity contribution >= 4 is 40.9 Å². The molecule has 0 unspecified atom stereocenters. The van der Waals surface area contributed by atoms with Crippen molar-refractivity contribution in [3.05, 3.63) is 83.7 Å². The fourth-order valence-electron chi connectivity index (χ4n) is 6.34. The summed E-state index contributed by atoms with van der Waals surface area (Å²) in [5.41, 5.74) is 0.547. The Balaban J connectivity index is 1.33. The quantitative estimate of drug-likeness (QED) is 0.108. The summed E-state index contributed by atoms with van der Waals surface area (Å²) in [5, 5.41) is 2.47. The van der Waals surface area contributed by atoms with E-state index < -0.39 is 64.2 Å². The Labute approximate surface area is 316 Å². The lowest BCUT2D eigenvalue weighted by atomic mass is 10.0. The number of ether oxygens (including phenoxy) is 3. The summed E-state index contributed by atoms with van der Waals surface area (Å²) in [7, 11) is -4.88. The first-order chi connectivity index (χ1) is 25.3. The molecule has 0 saturated carbocycles. The van der Waals surface area contributed by atoms with E-state index in [-0.39, 0.29) is 55.3 Å². The second-order valence-corrected chi connectivity index (χ2v) is 23.8. The van der Waals surface area contributed by atoms with Gasteiger partial charge in [-0.25, -0.2) is 27.0 Å². The van der Waals surface area contributed by atoms with Gasteiger partial charge in [0, 0.05) is 46.6 Å². The van der Waals surface area contributed by atoms with Crippen LogP contribution in [0.3, 0.4) is 0 Å². The zero-order valence-electron chi connectivity index (χ0n) is 31.9. The molecule has 5 rings (SSSR count). The summed E-state index contributed by atoms with van der Waals surface area (Å²) < 4.78 is 76.9. The van der Waals surface area contributed by atoms with Gasteiger partial charge < -0.3 is 29.0 Å². The van der Waals surface area contributed by atoms with E-state index in [1.165, 1.54) is 17.2 Å². The number of hydrogen-bond acceptors (Lipinski definition) is 8. The second kappa shape index (κ2) is 16.6. The van der Waals surface area contributed by atoms with E-state index in [1.54, 1.807) is 51.1 Å². The van der Waals surface area contributed by atoms with E-state index in [1.807, 2.05) is 17.7 Å². The van der Waals surface area contributed by atoms with E-state index >= 15 is 8.78 Å². The van der Waals surface area contributed by atoms with Crippen LogP contribution < -0.4 is 10.1 Å². The van der Waals surface area contributed by atoms with E-state index in [4.69, 9.17) is 14.2 Å². The third kappa shape index (κ3) is 10.2. The lowest BCUT2D eigenvalue weighted by molar-refractivity contribution is -0.134. The van der Waals surface area contributed by atoms with E-state index in [2.05, 4.69) is 29.9 Å². The summed E-state index contributed by atoms with van der Waals surface area (Å²) in [6.45, 7) is 14.8. The predicted octanol–water partition coefficient (Wildman–Crippen LogP) is 7.63. The van der Waals surface area contributed by atoms with E-state index in [0.29, 0.717) is 17.6 Å². The smallest absolute Gasteiger partial charge is 0.408 e. The number of fused-ring (bicyclic) bond motifs is 1. The molecule has 1 fully saturated rings. The lowest BCUT2D eigenvalue weighted by Gasteiger charge is -2.34. The summed E-state index contributed by atoms with van der Waals surface area (Å²) in [6, 6.07) is 11.6. The first-order valence-electron chi connectivity index (χ1n) is 18.1. The van der Waals surface area contributed by atoms with Crippen LogP contribution in [0.1, 0.15) is 44.7 Å². The fraction of sp³-hybridized carbons (Fsp3) is 0.462. The number of sulfone groups is 1. The molecule has 1 saturated heterocycles. The van der Waals surface area contributed by atoms with Gasteiger partial charge in [0.05, 0.1) is 15.5 Å². The van der Waals surface area contributed by atoms with Crippen LogP contribution in [0.25, 0.3) is 11.0 Å². The predicted molar refractivity (Wildman–Crippen MR) is 205 cm³/mol. The van der Waals surface area contributed by atoms with Crippen molar-refractivity contribution in [2.24, 2.45) is 0 Å². The molecule has 0 radical (unpaired) electrons. The van der Waals surface area contributed by atoms with Crippen LogP contribution in [-0.2, 0) is 37.3 Å². The molecule has 1 aliphatic rings. The van der Waals surface area contributed by atoms with Crippen molar-refractivity contribution in [1.82, 2.24) is 19.8 Å². The summed E-state index contributed by atoms with van der Waals surface area (Å²) in [5.74, 6) is -2.95. The second-order valence-electron chi connectivity index (χ2n) is 15.9. The van der Waals surface area contributed by atoms with Crippen LogP contribution in [0.5, 0.6) is 11.5 Å². The topological polar surface area (TPSA) is 129 Å². The lowest BCUT2D eigenvalue weighted by Crippen LogP contribution is -2.53. The molecule has 0 bridgehead atoms. The number of likely N-dealkylation sites (tertiary alicyclic amines) is 1. The van der Waals surface area contributed by atoms with Gasteiger partial charge in [-0.05, 0) is 88.0 Å². The summed E-state index contributed by atoms with van der Waals surface area (Å²) in [6.07, 6.45) is 2.58. The number of nitrogens with one attached hydrogen (secondary N) is 1. The van der Waals surface area contributed by atoms with Gasteiger partial charge in [-0.15, -0.1) is 0 Å². The average Bonchev–Trinajstić information content (AvgIpc) is 3.42. The number of amides is 2. The number of carbonyl (C=O) groups excluding carboxylic acids is 2. The van der Waals surface area contributed by atoms with Gasteiger partial charge in [-0.2, -0.15) is 0 Å². The molecule has 2 amide bonds. The first kappa shape index (κ1) is 40.8. The van der Waals surface area contributed by atoms with Crippen molar-refractivity contribution in [3.8, 4) is 11.5 Å². The summed E-state index contributed by atoms with van der Waals surface area (Å²) in [4.78, 5) is 32.9. The van der Waals surface area contributed by atoms with Crippen molar-refractivity contribution in [2.45, 2.75) is 101 Å². The van der Waals surface area contributed by atoms with Crippen molar-refractivity contribution in [2.75, 3.05) is 19.7 Å². The average molecular weight is 785 g/mol. The molecule has 2 aromatic carbocycles. The number of piperidine rings is 1. The molecule has 4 aromatic rings. The third-order valence-corrected chi connectivity index (χ3v) is 13.1. The van der Waals surface area contributed by atoms with E-state index in [9.17, 15) is 18.0 Å². The van der Waals surface area contributed by atoms with Gasteiger partial charge in [0.25, 0.3) is 0 Å². The molecular formula is C39H50F2N4O7SSi. The maximum atomic E-state index is 15.7. The number of halogens is 2. The van der Waals surface area contributed by atoms with Gasteiger partial charge in [0.1, 0.15) is 29.8 Å². The number of hydrogen-bond donors (Lipinski definition) is 1. The first-order valence-corrected chi connectivity index (χ1v) is 23.3. The molecule has 0 spiro atoms. The number of rotatable bonds is 13. The molecule has 1 N–H and O–H groups in total. The maximum absolute atomic E-state index is 15.7. The minimum absolute atomic E-state index is 0.0889. The highest BCUT2D eigenvalue weighted by atomic mass is 32.2. The molecule has 54 heavy (non-hydrogen) atoms. The largest absolute Gasteiger partial charge is 0.450 e. The van der Waals surface area contributed by atoms with Gasteiger partial charge >= 0.3 is 6.09 Å². The number of pyridine rings is 1. The zero-order chi connectivity index (χ0) is 39.4. The fourth-order valence-corrected chi connectivity index (χ4v) is 8.85. The molecule has 11 nitrogen and oxygen atoms in total. The molecule has 15 heteroatoms. The standard InChI is InChI=1S/C39H50F2N4O7SSi/c1-26-24-45(25-50-19-20-54(5,6)7)36-34(26)33(13-16-42-36)51-35-30(40)21-27(22-31(35)41)23-32(43-38(47)52-39(2,3)4)37(46)44-17-14-29(15-18-44)53(48,49)28-11-9-8-10-12-28/h8-13,16,21-22,24,29,32H,14-15,17-20,23,25H2,1-7H3,(H,43,47)/t32-/m0/s1. The van der Waals surface area contributed by atoms with E-state index in [0.717, 1.165) is 23.7 Å².